The van der Waals surface area contributed by atoms with Crippen molar-refractivity contribution in [3.63, 3.8) is 0 Å². The second-order valence-corrected chi connectivity index (χ2v) is 5.12. The Morgan fingerprint density at radius 3 is 2.68 bits per heavy atom. The number of carbonyl (C=O) groups excluding carboxylic acids is 1. The summed E-state index contributed by atoms with van der Waals surface area (Å²) in [5.74, 6) is -0.426. The molecule has 0 spiro atoms. The molecule has 0 bridgehead atoms. The van der Waals surface area contributed by atoms with E-state index in [9.17, 15) is 9.18 Å². The maximum Gasteiger partial charge on any atom is 0.167 e. The Hall–Kier alpha value is -1.42. The summed E-state index contributed by atoms with van der Waals surface area (Å²) >= 11 is 0. The van der Waals surface area contributed by atoms with E-state index in [0.717, 1.165) is 19.6 Å². The number of halogens is 1. The lowest BCUT2D eigenvalue weighted by molar-refractivity contribution is 0.0902. The van der Waals surface area contributed by atoms with Crippen LogP contribution in [0, 0.1) is 11.7 Å². The van der Waals surface area contributed by atoms with Gasteiger partial charge in [0.05, 0.1) is 7.11 Å². The number of likely N-dealkylation sites (tertiary alicyclic amines) is 1. The van der Waals surface area contributed by atoms with Gasteiger partial charge in [-0.1, -0.05) is 6.92 Å². The third-order valence-corrected chi connectivity index (χ3v) is 3.61. The Bertz CT molecular complexity index is 455. The molecule has 3 nitrogen and oxygen atoms in total. The Balaban J connectivity index is 2.03. The summed E-state index contributed by atoms with van der Waals surface area (Å²) in [4.78, 5) is 14.5. The van der Waals surface area contributed by atoms with Gasteiger partial charge in [0.25, 0.3) is 0 Å². The SMILES string of the molecule is COc1ccc(C(=O)C(C)CN2CCCC2)cc1F. The van der Waals surface area contributed by atoms with E-state index in [4.69, 9.17) is 4.74 Å². The molecule has 0 aliphatic carbocycles. The third kappa shape index (κ3) is 3.32. The second-order valence-electron chi connectivity index (χ2n) is 5.12. The molecule has 1 heterocycles. The summed E-state index contributed by atoms with van der Waals surface area (Å²) in [6.07, 6.45) is 2.41. The van der Waals surface area contributed by atoms with Crippen LogP contribution in [-0.4, -0.2) is 37.4 Å². The van der Waals surface area contributed by atoms with Gasteiger partial charge in [0.15, 0.2) is 17.3 Å². The number of rotatable bonds is 5. The Kier molecular flexibility index (Phi) is 4.53. The number of nitrogens with zero attached hydrogens (tertiary/aromatic N) is 1. The highest BCUT2D eigenvalue weighted by Gasteiger charge is 2.21. The van der Waals surface area contributed by atoms with Crippen LogP contribution in [0.1, 0.15) is 30.1 Å². The van der Waals surface area contributed by atoms with Crippen LogP contribution in [0.2, 0.25) is 0 Å². The Morgan fingerprint density at radius 2 is 2.11 bits per heavy atom. The van der Waals surface area contributed by atoms with Crippen molar-refractivity contribution in [2.24, 2.45) is 5.92 Å². The first-order valence-corrected chi connectivity index (χ1v) is 6.72. The highest BCUT2D eigenvalue weighted by molar-refractivity contribution is 5.97. The summed E-state index contributed by atoms with van der Waals surface area (Å²) in [6.45, 7) is 4.79. The van der Waals surface area contributed by atoms with Crippen molar-refractivity contribution in [1.29, 1.82) is 0 Å². The fraction of sp³-hybridized carbons (Fsp3) is 0.533. The molecule has 2 rings (SSSR count). The van der Waals surface area contributed by atoms with Crippen molar-refractivity contribution in [2.75, 3.05) is 26.7 Å². The molecule has 1 aliphatic rings. The van der Waals surface area contributed by atoms with Crippen LogP contribution in [-0.2, 0) is 0 Å². The van der Waals surface area contributed by atoms with E-state index in [1.165, 1.54) is 32.1 Å². The van der Waals surface area contributed by atoms with Crippen molar-refractivity contribution in [3.8, 4) is 5.75 Å². The van der Waals surface area contributed by atoms with Gasteiger partial charge in [0.1, 0.15) is 0 Å². The van der Waals surface area contributed by atoms with Crippen LogP contribution in [0.4, 0.5) is 4.39 Å². The zero-order valence-corrected chi connectivity index (χ0v) is 11.5. The van der Waals surface area contributed by atoms with E-state index in [1.54, 1.807) is 6.07 Å². The smallest absolute Gasteiger partial charge is 0.167 e. The van der Waals surface area contributed by atoms with Crippen molar-refractivity contribution in [2.45, 2.75) is 19.8 Å². The lowest BCUT2D eigenvalue weighted by Gasteiger charge is -2.19. The zero-order chi connectivity index (χ0) is 13.8. The molecule has 1 aromatic rings. The number of ketones is 1. The fourth-order valence-corrected chi connectivity index (χ4v) is 2.54. The van der Waals surface area contributed by atoms with Gasteiger partial charge < -0.3 is 9.64 Å². The number of Topliss-reactive ketones (excluding diaryl/α,β-unsaturated/α-hetero) is 1. The summed E-state index contributed by atoms with van der Waals surface area (Å²) in [7, 11) is 1.41. The summed E-state index contributed by atoms with van der Waals surface area (Å²) in [5, 5.41) is 0. The molecule has 0 saturated carbocycles. The van der Waals surface area contributed by atoms with Gasteiger partial charge in [0, 0.05) is 18.0 Å². The molecule has 104 valence electrons. The number of methoxy groups -OCH3 is 1. The monoisotopic (exact) mass is 265 g/mol. The predicted octanol–water partition coefficient (Wildman–Crippen LogP) is 2.75. The van der Waals surface area contributed by atoms with E-state index in [-0.39, 0.29) is 17.5 Å². The van der Waals surface area contributed by atoms with E-state index in [0.29, 0.717) is 5.56 Å². The summed E-state index contributed by atoms with van der Waals surface area (Å²) in [6, 6.07) is 4.40. The highest BCUT2D eigenvalue weighted by atomic mass is 19.1. The Labute approximate surface area is 113 Å². The maximum absolute atomic E-state index is 13.6. The van der Waals surface area contributed by atoms with E-state index < -0.39 is 5.82 Å². The summed E-state index contributed by atoms with van der Waals surface area (Å²) < 4.78 is 18.4. The maximum atomic E-state index is 13.6. The topological polar surface area (TPSA) is 29.5 Å². The molecule has 1 aliphatic heterocycles. The zero-order valence-electron chi connectivity index (χ0n) is 11.5. The normalized spacial score (nSPS) is 17.4. The van der Waals surface area contributed by atoms with Crippen LogP contribution in [0.25, 0.3) is 0 Å². The molecular formula is C15H20FNO2. The fourth-order valence-electron chi connectivity index (χ4n) is 2.54. The highest BCUT2D eigenvalue weighted by Crippen LogP contribution is 2.20. The first kappa shape index (κ1) is 14.0. The van der Waals surface area contributed by atoms with Crippen LogP contribution in [0.5, 0.6) is 5.75 Å². The Morgan fingerprint density at radius 1 is 1.42 bits per heavy atom. The van der Waals surface area contributed by atoms with E-state index >= 15 is 0 Å². The van der Waals surface area contributed by atoms with Gasteiger partial charge in [-0.2, -0.15) is 0 Å². The predicted molar refractivity (Wildman–Crippen MR) is 72.1 cm³/mol. The molecule has 1 unspecified atom stereocenters. The molecule has 4 heteroatoms. The minimum Gasteiger partial charge on any atom is -0.494 e. The van der Waals surface area contributed by atoms with Crippen molar-refractivity contribution in [3.05, 3.63) is 29.6 Å². The molecule has 1 atom stereocenters. The largest absolute Gasteiger partial charge is 0.494 e. The molecule has 0 amide bonds. The van der Waals surface area contributed by atoms with Crippen molar-refractivity contribution in [1.82, 2.24) is 4.90 Å². The number of benzene rings is 1. The first-order chi connectivity index (χ1) is 9.11. The van der Waals surface area contributed by atoms with Gasteiger partial charge >= 0.3 is 0 Å². The molecule has 0 aromatic heterocycles. The average Bonchev–Trinajstić information content (AvgIpc) is 2.90. The third-order valence-electron chi connectivity index (χ3n) is 3.61. The molecule has 1 fully saturated rings. The molecule has 0 radical (unpaired) electrons. The quantitative estimate of drug-likeness (QED) is 0.767. The number of hydrogen-bond donors (Lipinski definition) is 0. The molecular weight excluding hydrogens is 245 g/mol. The molecule has 0 N–H and O–H groups in total. The minimum absolute atomic E-state index is 0.00606. The number of ether oxygens (including phenoxy) is 1. The molecule has 1 saturated heterocycles. The van der Waals surface area contributed by atoms with Crippen molar-refractivity contribution >= 4 is 5.78 Å². The lowest BCUT2D eigenvalue weighted by atomic mass is 9.98. The van der Waals surface area contributed by atoms with Gasteiger partial charge in [0.2, 0.25) is 0 Å². The minimum atomic E-state index is -0.485. The van der Waals surface area contributed by atoms with Crippen LogP contribution in [0.15, 0.2) is 18.2 Å². The first-order valence-electron chi connectivity index (χ1n) is 6.72. The van der Waals surface area contributed by atoms with Gasteiger partial charge in [-0.3, -0.25) is 4.79 Å². The van der Waals surface area contributed by atoms with E-state index in [2.05, 4.69) is 4.90 Å². The lowest BCUT2D eigenvalue weighted by Crippen LogP contribution is -2.29. The molecule has 19 heavy (non-hydrogen) atoms. The average molecular weight is 265 g/mol. The second kappa shape index (κ2) is 6.15. The van der Waals surface area contributed by atoms with E-state index in [1.807, 2.05) is 6.92 Å². The van der Waals surface area contributed by atoms with Gasteiger partial charge in [-0.25, -0.2) is 4.39 Å². The van der Waals surface area contributed by atoms with Gasteiger partial charge in [-0.15, -0.1) is 0 Å². The van der Waals surface area contributed by atoms with Crippen LogP contribution >= 0.6 is 0 Å². The van der Waals surface area contributed by atoms with Gasteiger partial charge in [-0.05, 0) is 44.1 Å². The van der Waals surface area contributed by atoms with Crippen LogP contribution in [0.3, 0.4) is 0 Å². The van der Waals surface area contributed by atoms with Crippen molar-refractivity contribution < 1.29 is 13.9 Å². The standard InChI is InChI=1S/C15H20FNO2/c1-11(10-17-7-3-4-8-17)15(18)12-5-6-14(19-2)13(16)9-12/h5-6,9,11H,3-4,7-8,10H2,1-2H3. The number of carbonyl (C=O) groups is 1. The number of hydrogen-bond acceptors (Lipinski definition) is 3. The molecule has 1 aromatic carbocycles. The summed E-state index contributed by atoms with van der Waals surface area (Å²) in [5.41, 5.74) is 0.421. The van der Waals surface area contributed by atoms with Crippen LogP contribution < -0.4 is 4.74 Å².